The van der Waals surface area contributed by atoms with E-state index in [9.17, 15) is 113 Å². The van der Waals surface area contributed by atoms with Crippen LogP contribution in [-0.2, 0) is 83.1 Å². The molecule has 654 valence electrons. The minimum atomic E-state index is -2.25. The van der Waals surface area contributed by atoms with Crippen LogP contribution in [0.3, 0.4) is 0 Å². The van der Waals surface area contributed by atoms with E-state index in [1.54, 1.807) is 0 Å². The van der Waals surface area contributed by atoms with Gasteiger partial charge in [0, 0.05) is 32.5 Å². The number of phenols is 1. The Morgan fingerprint density at radius 2 is 1.09 bits per heavy atom. The zero-order chi connectivity index (χ0) is 86.8. The predicted octanol–water partition coefficient (Wildman–Crippen LogP) is -6.25. The molecule has 3 saturated heterocycles. The fourth-order valence-corrected chi connectivity index (χ4v) is 13.6. The number of unbranched alkanes of at least 4 members (excludes halogenated alkanes) is 10. The van der Waals surface area contributed by atoms with Crippen LogP contribution in [0.15, 0.2) is 24.3 Å². The Kier molecular flexibility index (Phi) is 42.4. The van der Waals surface area contributed by atoms with Gasteiger partial charge in [0.15, 0.2) is 0 Å². The number of nitrogens with two attached hydrogens (primary N) is 3. The first-order valence-electron chi connectivity index (χ1n) is 40.1. The highest BCUT2D eigenvalue weighted by Gasteiger charge is 2.49. The number of primary amides is 1. The van der Waals surface area contributed by atoms with Gasteiger partial charge in [-0.1, -0.05) is 97.1 Å². The van der Waals surface area contributed by atoms with Gasteiger partial charge in [-0.25, -0.2) is 4.79 Å². The third kappa shape index (κ3) is 32.3. The third-order valence-corrected chi connectivity index (χ3v) is 20.3. The second kappa shape index (κ2) is 49.7. The summed E-state index contributed by atoms with van der Waals surface area (Å²) in [6.45, 7) is 8.67. The van der Waals surface area contributed by atoms with Crippen molar-refractivity contribution in [1.82, 2.24) is 68.3 Å². The minimum Gasteiger partial charge on any atom is -0.508 e. The van der Waals surface area contributed by atoms with E-state index < -0.39 is 255 Å². The minimum absolute atomic E-state index is 0.0135. The fraction of sp³-hybridized carbons (Fsp3) is 0.724. The number of nitrogens with one attached hydrogen (secondary N) is 11. The normalized spacial score (nSPS) is 27.2. The van der Waals surface area contributed by atoms with E-state index in [1.807, 2.05) is 0 Å². The highest BCUT2D eigenvalue weighted by molar-refractivity contribution is 6.00. The Morgan fingerprint density at radius 3 is 1.66 bits per heavy atom. The number of benzene rings is 1. The van der Waals surface area contributed by atoms with Gasteiger partial charge in [0.05, 0.1) is 68.2 Å². The molecule has 1 aromatic rings. The van der Waals surface area contributed by atoms with E-state index in [4.69, 9.17) is 21.9 Å². The van der Waals surface area contributed by atoms with E-state index in [0.717, 1.165) is 90.4 Å². The lowest BCUT2D eigenvalue weighted by molar-refractivity contribution is -0.155. The molecule has 3 aliphatic rings. The van der Waals surface area contributed by atoms with Crippen molar-refractivity contribution in [1.29, 1.82) is 0 Å². The summed E-state index contributed by atoms with van der Waals surface area (Å²) in [4.78, 5) is 213. The fourth-order valence-electron chi connectivity index (χ4n) is 13.6. The number of phenolic OH excluding ortho intramolecular Hbond substituents is 1. The van der Waals surface area contributed by atoms with Crippen LogP contribution in [0.4, 0.5) is 0 Å². The molecule has 0 spiro atoms. The zero-order valence-electron chi connectivity index (χ0n) is 67.6. The van der Waals surface area contributed by atoms with E-state index >= 15 is 0 Å². The summed E-state index contributed by atoms with van der Waals surface area (Å²) in [7, 11) is 0. The van der Waals surface area contributed by atoms with Crippen LogP contribution in [0.5, 0.6) is 5.75 Å². The molecular weight excluding hydrogens is 1520 g/mol. The van der Waals surface area contributed by atoms with Gasteiger partial charge in [0.1, 0.15) is 78.3 Å². The molecule has 0 aromatic heterocycles. The Labute approximate surface area is 674 Å². The highest BCUT2D eigenvalue weighted by Crippen LogP contribution is 2.25. The van der Waals surface area contributed by atoms with Crippen molar-refractivity contribution in [2.45, 2.75) is 312 Å². The molecular formula is C76H126N16O24. The first-order valence-corrected chi connectivity index (χ1v) is 40.1. The average molecular weight is 1650 g/mol. The lowest BCUT2D eigenvalue weighted by Crippen LogP contribution is -2.64. The standard InChI is InChI=1S/C76H126N16O24/c1-9-10-11-12-13-14-15-16-17-18-19-22-48-35-56(102)85-59(41(5)93)70(109)82-40(4)65(104)84-51(33-45-25-27-46(97)28-26-45)67(106)87-58(39(2)3)74(113)92-38-47(98)34-52(92)68(107)88-61(43(7)95)72(111)89-62(44(8)96)75(114)91-32-29-53(99)64(91)73(112)90-63(54(100)36-55(79)101)69(108)81-37-57(103)86-60(42(6)94)71(110)83-50(76(115)116-48)24-21-31-80-66(105)49(78)23-20-30-77/h25-28,39-44,47-54,58-64,93-100H,9-24,29-38,77-78H2,1-8H3,(H2,79,101)(H,80,105)(H,81,108)(H,82,109)(H,83,110)(H,84,104)(H,85,102)(H,86,103)(H,87,106)(H,88,107)(H,89,111)(H,90,112)/t40-,41?,42+,43+,44-,47+,48+,49?,50-,51-,52-,53-,54?,58?,59+,60+,61+,62?,63?,64?/m0/s1. The number of fused-ring (bicyclic) bond motifs is 2. The molecule has 116 heavy (non-hydrogen) atoms. The molecule has 0 aliphatic carbocycles. The second-order valence-corrected chi connectivity index (χ2v) is 30.7. The van der Waals surface area contributed by atoms with Crippen molar-refractivity contribution in [2.24, 2.45) is 23.1 Å². The molecule has 0 bridgehead atoms. The van der Waals surface area contributed by atoms with Gasteiger partial charge >= 0.3 is 5.97 Å². The molecule has 1 aromatic carbocycles. The molecule has 4 rings (SSSR count). The van der Waals surface area contributed by atoms with E-state index in [1.165, 1.54) is 45.0 Å². The number of aromatic hydroxyl groups is 1. The van der Waals surface area contributed by atoms with Crippen molar-refractivity contribution < 1.29 is 118 Å². The quantitative estimate of drug-likeness (QED) is 0.0252. The van der Waals surface area contributed by atoms with Gasteiger partial charge in [-0.3, -0.25) is 67.1 Å². The molecule has 7 unspecified atom stereocenters. The van der Waals surface area contributed by atoms with Crippen LogP contribution in [-0.4, -0.2) is 293 Å². The molecule has 14 amide bonds. The Morgan fingerprint density at radius 1 is 0.569 bits per heavy atom. The number of carbonyl (C=O) groups is 15. The highest BCUT2D eigenvalue weighted by atomic mass is 16.5. The first kappa shape index (κ1) is 99.1. The summed E-state index contributed by atoms with van der Waals surface area (Å²) in [5.74, 6) is -18.1. The lowest BCUT2D eigenvalue weighted by atomic mass is 9.99. The maximum atomic E-state index is 14.8. The third-order valence-electron chi connectivity index (χ3n) is 20.3. The topological polar surface area (TPSA) is 644 Å². The van der Waals surface area contributed by atoms with Gasteiger partial charge in [-0.2, -0.15) is 0 Å². The summed E-state index contributed by atoms with van der Waals surface area (Å²) in [5.41, 5.74) is 17.4. The molecule has 0 radical (unpaired) electrons. The summed E-state index contributed by atoms with van der Waals surface area (Å²) < 4.78 is 6.03. The van der Waals surface area contributed by atoms with E-state index in [-0.39, 0.29) is 57.4 Å². The van der Waals surface area contributed by atoms with Gasteiger partial charge in [0.2, 0.25) is 82.7 Å². The maximum absolute atomic E-state index is 14.8. The van der Waals surface area contributed by atoms with Crippen LogP contribution < -0.4 is 75.7 Å². The van der Waals surface area contributed by atoms with Gasteiger partial charge in [-0.15, -0.1) is 0 Å². The zero-order valence-corrected chi connectivity index (χ0v) is 67.6. The number of nitrogens with zero attached hydrogens (tertiary/aromatic N) is 2. The monoisotopic (exact) mass is 1650 g/mol. The molecule has 20 atom stereocenters. The van der Waals surface area contributed by atoms with Gasteiger partial charge in [0.25, 0.3) is 0 Å². The Bertz CT molecular complexity index is 3440. The van der Waals surface area contributed by atoms with Crippen molar-refractivity contribution in [3.05, 3.63) is 29.8 Å². The predicted molar refractivity (Wildman–Crippen MR) is 416 cm³/mol. The number of hydrogen-bond donors (Lipinski definition) is 22. The number of cyclic esters (lactones) is 1. The number of carbonyl (C=O) groups excluding carboxylic acids is 15. The summed E-state index contributed by atoms with van der Waals surface area (Å²) in [5, 5.41) is 114. The van der Waals surface area contributed by atoms with Crippen molar-refractivity contribution >= 4 is 88.7 Å². The Hall–Kier alpha value is -9.29. The molecule has 25 N–H and O–H groups in total. The molecule has 3 aliphatic heterocycles. The van der Waals surface area contributed by atoms with Crippen LogP contribution in [0.1, 0.15) is 189 Å². The van der Waals surface area contributed by atoms with Crippen LogP contribution >= 0.6 is 0 Å². The summed E-state index contributed by atoms with van der Waals surface area (Å²) in [6.07, 6.45) is -6.36. The van der Waals surface area contributed by atoms with E-state index in [0.29, 0.717) is 29.7 Å². The number of amides is 14. The summed E-state index contributed by atoms with van der Waals surface area (Å²) in [6, 6.07) is -15.7. The number of aliphatic hydroxyl groups excluding tert-OH is 7. The molecule has 40 heteroatoms. The smallest absolute Gasteiger partial charge is 0.328 e. The molecule has 3 fully saturated rings. The van der Waals surface area contributed by atoms with Crippen molar-refractivity contribution in [3.8, 4) is 5.75 Å². The second-order valence-electron chi connectivity index (χ2n) is 30.7. The van der Waals surface area contributed by atoms with Crippen LogP contribution in [0.2, 0.25) is 0 Å². The van der Waals surface area contributed by atoms with Gasteiger partial charge < -0.3 is 131 Å². The lowest BCUT2D eigenvalue weighted by Gasteiger charge is -2.34. The molecule has 0 saturated carbocycles. The maximum Gasteiger partial charge on any atom is 0.328 e. The van der Waals surface area contributed by atoms with Crippen molar-refractivity contribution in [2.75, 3.05) is 32.7 Å². The SMILES string of the molecule is CCCCCCCCCCCCC[C@@H]1CC(=O)N[C@H](C(C)O)C(=O)N[C@@H](C)C(=O)N[C@@H](Cc2ccc(O)cc2)C(=O)NC(C(C)C)C(=O)N2C[C@H](O)C[C@H]2C(=O)N[C@H]([C@@H](C)O)C(=O)NC([C@H](C)O)C(=O)N2CC[C@H](O)C2C(=O)NC(C(O)CC(N)=O)C(=O)NCC(=O)N[C@H]([C@@H](C)O)C(=O)N[C@@H](CCCNC(=O)C(N)CCCN)C(=O)O1. The Balaban J connectivity index is 1.84. The van der Waals surface area contributed by atoms with E-state index in [2.05, 4.69) is 65.4 Å². The molecule has 40 nitrogen and oxygen atoms in total. The number of hydrogen-bond acceptors (Lipinski definition) is 26. The first-order chi connectivity index (χ1) is 54.7. The van der Waals surface area contributed by atoms with Gasteiger partial charge in [-0.05, 0) is 110 Å². The number of rotatable bonds is 30. The summed E-state index contributed by atoms with van der Waals surface area (Å²) >= 11 is 0. The number of aliphatic hydroxyl groups is 7. The largest absolute Gasteiger partial charge is 0.508 e. The van der Waals surface area contributed by atoms with Crippen molar-refractivity contribution in [3.63, 3.8) is 0 Å². The van der Waals surface area contributed by atoms with Crippen LogP contribution in [0, 0.1) is 5.92 Å². The molecule has 3 heterocycles. The number of esters is 1. The average Bonchev–Trinajstić information content (AvgIpc) is 1.64. The number of ether oxygens (including phenoxy) is 1. The van der Waals surface area contributed by atoms with Crippen LogP contribution in [0.25, 0.3) is 0 Å².